The van der Waals surface area contributed by atoms with Crippen molar-refractivity contribution < 1.29 is 0 Å². The standard InChI is InChI=1S/C12H12N4S/c1-8-3-5-10(6-4-8)11-13-14-12-16(11)15-9(2)7-17-12/h3-6H,7H2,1-2H3. The van der Waals surface area contributed by atoms with E-state index in [0.29, 0.717) is 0 Å². The van der Waals surface area contributed by atoms with Gasteiger partial charge in [0, 0.05) is 17.0 Å². The van der Waals surface area contributed by atoms with Gasteiger partial charge in [-0.2, -0.15) is 9.78 Å². The van der Waals surface area contributed by atoms with Crippen molar-refractivity contribution in [1.29, 1.82) is 0 Å². The highest BCUT2D eigenvalue weighted by Gasteiger charge is 2.17. The van der Waals surface area contributed by atoms with Crippen LogP contribution in [0.1, 0.15) is 12.5 Å². The molecule has 0 saturated carbocycles. The lowest BCUT2D eigenvalue weighted by atomic mass is 10.1. The predicted molar refractivity (Wildman–Crippen MR) is 69.4 cm³/mol. The molecule has 0 unspecified atom stereocenters. The van der Waals surface area contributed by atoms with Crippen molar-refractivity contribution in [1.82, 2.24) is 14.9 Å². The molecular weight excluding hydrogens is 232 g/mol. The molecule has 0 saturated heterocycles. The van der Waals surface area contributed by atoms with Crippen molar-refractivity contribution >= 4 is 17.5 Å². The van der Waals surface area contributed by atoms with E-state index in [1.54, 1.807) is 11.8 Å². The van der Waals surface area contributed by atoms with E-state index in [2.05, 4.69) is 46.5 Å². The van der Waals surface area contributed by atoms with Gasteiger partial charge in [0.2, 0.25) is 5.16 Å². The number of hydrogen-bond acceptors (Lipinski definition) is 4. The van der Waals surface area contributed by atoms with E-state index < -0.39 is 0 Å². The third-order valence-electron chi connectivity index (χ3n) is 2.60. The van der Waals surface area contributed by atoms with Gasteiger partial charge in [0.15, 0.2) is 5.82 Å². The summed E-state index contributed by atoms with van der Waals surface area (Å²) in [5.41, 5.74) is 3.38. The maximum atomic E-state index is 4.49. The first kappa shape index (κ1) is 10.5. The Labute approximate surface area is 104 Å². The molecule has 0 atom stereocenters. The van der Waals surface area contributed by atoms with Gasteiger partial charge in [-0.25, -0.2) is 0 Å². The number of rotatable bonds is 1. The van der Waals surface area contributed by atoms with Crippen molar-refractivity contribution in [2.24, 2.45) is 5.10 Å². The SMILES string of the molecule is CC1=Nn2c(nnc2-c2ccc(C)cc2)SC1. The number of benzene rings is 1. The van der Waals surface area contributed by atoms with Gasteiger partial charge in [0.1, 0.15) is 0 Å². The molecule has 1 aromatic carbocycles. The normalized spacial score (nSPS) is 14.4. The Morgan fingerprint density at radius 2 is 1.88 bits per heavy atom. The van der Waals surface area contributed by atoms with E-state index in [1.807, 2.05) is 11.6 Å². The van der Waals surface area contributed by atoms with Gasteiger partial charge >= 0.3 is 0 Å². The topological polar surface area (TPSA) is 43.1 Å². The molecule has 0 N–H and O–H groups in total. The molecule has 17 heavy (non-hydrogen) atoms. The van der Waals surface area contributed by atoms with Crippen LogP contribution < -0.4 is 0 Å². The fourth-order valence-corrected chi connectivity index (χ4v) is 2.44. The Bertz CT molecular complexity index is 583. The molecule has 5 heteroatoms. The first-order chi connectivity index (χ1) is 8.24. The Morgan fingerprint density at radius 3 is 2.65 bits per heavy atom. The fraction of sp³-hybridized carbons (Fsp3) is 0.250. The van der Waals surface area contributed by atoms with Gasteiger partial charge in [0.25, 0.3) is 0 Å². The highest BCUT2D eigenvalue weighted by atomic mass is 32.2. The highest BCUT2D eigenvalue weighted by Crippen LogP contribution is 2.26. The van der Waals surface area contributed by atoms with E-state index in [1.165, 1.54) is 5.56 Å². The van der Waals surface area contributed by atoms with Crippen molar-refractivity contribution in [3.8, 4) is 11.4 Å². The summed E-state index contributed by atoms with van der Waals surface area (Å²) in [6.07, 6.45) is 0. The van der Waals surface area contributed by atoms with Crippen molar-refractivity contribution in [2.45, 2.75) is 19.0 Å². The average molecular weight is 244 g/mol. The molecule has 3 rings (SSSR count). The highest BCUT2D eigenvalue weighted by molar-refractivity contribution is 7.99. The van der Waals surface area contributed by atoms with Crippen LogP contribution in [0.4, 0.5) is 0 Å². The lowest BCUT2D eigenvalue weighted by molar-refractivity contribution is 0.761. The van der Waals surface area contributed by atoms with Crippen LogP contribution in [-0.2, 0) is 0 Å². The maximum Gasteiger partial charge on any atom is 0.212 e. The number of hydrogen-bond donors (Lipinski definition) is 0. The van der Waals surface area contributed by atoms with Crippen LogP contribution in [0.3, 0.4) is 0 Å². The van der Waals surface area contributed by atoms with Crippen LogP contribution in [0.2, 0.25) is 0 Å². The van der Waals surface area contributed by atoms with Crippen molar-refractivity contribution in [3.63, 3.8) is 0 Å². The second-order valence-corrected chi connectivity index (χ2v) is 5.05. The molecule has 86 valence electrons. The summed E-state index contributed by atoms with van der Waals surface area (Å²) >= 11 is 1.67. The molecule has 1 aliphatic heterocycles. The number of aryl methyl sites for hydroxylation is 1. The van der Waals surface area contributed by atoms with Crippen LogP contribution in [-0.4, -0.2) is 26.3 Å². The molecule has 2 aromatic rings. The minimum Gasteiger partial charge on any atom is -0.187 e. The Hall–Kier alpha value is -1.62. The van der Waals surface area contributed by atoms with Gasteiger partial charge in [-0.3, -0.25) is 0 Å². The fourth-order valence-electron chi connectivity index (χ4n) is 1.70. The van der Waals surface area contributed by atoms with Crippen LogP contribution >= 0.6 is 11.8 Å². The molecule has 0 spiro atoms. The average Bonchev–Trinajstić information content (AvgIpc) is 2.73. The zero-order valence-electron chi connectivity index (χ0n) is 9.71. The number of fused-ring (bicyclic) bond motifs is 1. The molecule has 2 heterocycles. The summed E-state index contributed by atoms with van der Waals surface area (Å²) in [7, 11) is 0. The van der Waals surface area contributed by atoms with E-state index in [9.17, 15) is 0 Å². The van der Waals surface area contributed by atoms with Gasteiger partial charge in [-0.05, 0) is 13.8 Å². The third-order valence-corrected chi connectivity index (χ3v) is 3.68. The zero-order chi connectivity index (χ0) is 11.8. The number of thioether (sulfide) groups is 1. The van der Waals surface area contributed by atoms with Crippen LogP contribution in [0.5, 0.6) is 0 Å². The predicted octanol–water partition coefficient (Wildman–Crippen LogP) is 2.58. The minimum absolute atomic E-state index is 0.812. The minimum atomic E-state index is 0.812. The molecule has 0 bridgehead atoms. The molecule has 0 amide bonds. The van der Waals surface area contributed by atoms with Gasteiger partial charge in [-0.15, -0.1) is 10.2 Å². The molecule has 1 aliphatic rings. The van der Waals surface area contributed by atoms with Crippen LogP contribution in [0.15, 0.2) is 34.5 Å². The van der Waals surface area contributed by atoms with E-state index in [0.717, 1.165) is 28.0 Å². The van der Waals surface area contributed by atoms with Gasteiger partial charge in [0.05, 0.1) is 0 Å². The Morgan fingerprint density at radius 1 is 1.12 bits per heavy atom. The van der Waals surface area contributed by atoms with E-state index in [-0.39, 0.29) is 0 Å². The van der Waals surface area contributed by atoms with Crippen LogP contribution in [0.25, 0.3) is 11.4 Å². The molecular formula is C12H12N4S. The molecule has 4 nitrogen and oxygen atoms in total. The summed E-state index contributed by atoms with van der Waals surface area (Å²) in [6.45, 7) is 4.09. The summed E-state index contributed by atoms with van der Waals surface area (Å²) in [6, 6.07) is 8.25. The summed E-state index contributed by atoms with van der Waals surface area (Å²) < 4.78 is 1.83. The van der Waals surface area contributed by atoms with E-state index >= 15 is 0 Å². The zero-order valence-corrected chi connectivity index (χ0v) is 10.5. The lowest BCUT2D eigenvalue weighted by Gasteiger charge is -2.10. The van der Waals surface area contributed by atoms with Crippen LogP contribution in [0, 0.1) is 6.92 Å². The van der Waals surface area contributed by atoms with Crippen molar-refractivity contribution in [2.75, 3.05) is 5.75 Å². The quantitative estimate of drug-likeness (QED) is 0.774. The molecule has 0 radical (unpaired) electrons. The number of nitrogens with zero attached hydrogens (tertiary/aromatic N) is 4. The van der Waals surface area contributed by atoms with Gasteiger partial charge < -0.3 is 0 Å². The second kappa shape index (κ2) is 4.00. The van der Waals surface area contributed by atoms with E-state index in [4.69, 9.17) is 0 Å². The molecule has 1 aromatic heterocycles. The molecule has 0 aliphatic carbocycles. The smallest absolute Gasteiger partial charge is 0.187 e. The maximum absolute atomic E-state index is 4.49. The number of aromatic nitrogens is 3. The first-order valence-electron chi connectivity index (χ1n) is 5.44. The summed E-state index contributed by atoms with van der Waals surface area (Å²) in [5.74, 6) is 1.71. The van der Waals surface area contributed by atoms with Gasteiger partial charge in [-0.1, -0.05) is 41.6 Å². The third kappa shape index (κ3) is 1.86. The Kier molecular flexibility index (Phi) is 2.48. The molecule has 0 fully saturated rings. The Balaban J connectivity index is 2.11. The monoisotopic (exact) mass is 244 g/mol. The summed E-state index contributed by atoms with van der Waals surface area (Å²) in [5, 5.41) is 13.7. The summed E-state index contributed by atoms with van der Waals surface area (Å²) in [4.78, 5) is 0. The largest absolute Gasteiger partial charge is 0.212 e. The lowest BCUT2D eigenvalue weighted by Crippen LogP contribution is -2.08. The first-order valence-corrected chi connectivity index (χ1v) is 6.42. The van der Waals surface area contributed by atoms with Crippen molar-refractivity contribution in [3.05, 3.63) is 29.8 Å². The second-order valence-electron chi connectivity index (χ2n) is 4.11.